The number of hydrogen-bond acceptors (Lipinski definition) is 4. The minimum Gasteiger partial charge on any atom is -0.491 e. The second kappa shape index (κ2) is 6.63. The van der Waals surface area contributed by atoms with Gasteiger partial charge in [-0.1, -0.05) is 36.4 Å². The standard InChI is InChI=1S/C20H19N3O3/c1-13-16-7-3-4-8-17(16)20(25)23(22-13)11-19(24)21-15-10-14-6-2-5-9-18(14)26-12-15/h2-9,15H,10-12H2,1H3,(H,21,24)/t15-/m1/s1. The number of carbonyl (C=O) groups is 1. The number of amides is 1. The Kier molecular flexibility index (Phi) is 4.16. The van der Waals surface area contributed by atoms with E-state index in [-0.39, 0.29) is 24.1 Å². The molecular formula is C20H19N3O3. The molecule has 0 unspecified atom stereocenters. The molecular weight excluding hydrogens is 330 g/mol. The Morgan fingerprint density at radius 2 is 1.92 bits per heavy atom. The van der Waals surface area contributed by atoms with Gasteiger partial charge in [-0.05, 0) is 31.0 Å². The molecule has 1 aliphatic rings. The summed E-state index contributed by atoms with van der Waals surface area (Å²) in [5, 5.41) is 8.60. The normalized spacial score (nSPS) is 16.0. The Bertz CT molecular complexity index is 1040. The topological polar surface area (TPSA) is 73.2 Å². The van der Waals surface area contributed by atoms with Crippen LogP contribution < -0.4 is 15.6 Å². The first kappa shape index (κ1) is 16.3. The van der Waals surface area contributed by atoms with Crippen LogP contribution in [0.1, 0.15) is 11.3 Å². The molecule has 0 spiro atoms. The van der Waals surface area contributed by atoms with Crippen molar-refractivity contribution in [2.45, 2.75) is 25.9 Å². The Morgan fingerprint density at radius 1 is 1.19 bits per heavy atom. The molecule has 0 saturated carbocycles. The van der Waals surface area contributed by atoms with E-state index >= 15 is 0 Å². The first-order valence-corrected chi connectivity index (χ1v) is 8.58. The molecule has 0 fully saturated rings. The van der Waals surface area contributed by atoms with E-state index in [0.717, 1.165) is 22.4 Å². The zero-order valence-electron chi connectivity index (χ0n) is 14.4. The van der Waals surface area contributed by atoms with Crippen LogP contribution in [0.5, 0.6) is 5.75 Å². The maximum absolute atomic E-state index is 12.6. The second-order valence-corrected chi connectivity index (χ2v) is 6.48. The number of benzene rings is 2. The van der Waals surface area contributed by atoms with E-state index in [1.807, 2.05) is 49.4 Å². The Labute approximate surface area is 150 Å². The fourth-order valence-corrected chi connectivity index (χ4v) is 3.34. The SMILES string of the molecule is Cc1nn(CC(=O)N[C@H]2COc3ccccc3C2)c(=O)c2ccccc12. The molecule has 0 aliphatic carbocycles. The number of nitrogens with one attached hydrogen (secondary N) is 1. The van der Waals surface area contributed by atoms with Gasteiger partial charge in [-0.25, -0.2) is 4.68 Å². The summed E-state index contributed by atoms with van der Waals surface area (Å²) in [7, 11) is 0. The smallest absolute Gasteiger partial charge is 0.275 e. The maximum Gasteiger partial charge on any atom is 0.275 e. The summed E-state index contributed by atoms with van der Waals surface area (Å²) < 4.78 is 6.92. The highest BCUT2D eigenvalue weighted by Gasteiger charge is 2.21. The molecule has 1 aromatic heterocycles. The lowest BCUT2D eigenvalue weighted by atomic mass is 10.0. The van der Waals surface area contributed by atoms with Gasteiger partial charge < -0.3 is 10.1 Å². The van der Waals surface area contributed by atoms with E-state index < -0.39 is 0 Å². The molecule has 3 aromatic rings. The highest BCUT2D eigenvalue weighted by molar-refractivity contribution is 5.83. The number of rotatable bonds is 3. The molecule has 0 radical (unpaired) electrons. The molecule has 1 aliphatic heterocycles. The molecule has 0 saturated heterocycles. The van der Waals surface area contributed by atoms with Crippen molar-refractivity contribution < 1.29 is 9.53 Å². The van der Waals surface area contributed by atoms with Crippen molar-refractivity contribution in [3.05, 3.63) is 70.1 Å². The number of para-hydroxylation sites is 1. The van der Waals surface area contributed by atoms with Gasteiger partial charge in [0.15, 0.2) is 0 Å². The van der Waals surface area contributed by atoms with Crippen molar-refractivity contribution in [2.24, 2.45) is 0 Å². The average molecular weight is 349 g/mol. The molecule has 132 valence electrons. The molecule has 6 nitrogen and oxygen atoms in total. The van der Waals surface area contributed by atoms with E-state index in [0.29, 0.717) is 18.4 Å². The molecule has 1 atom stereocenters. The monoisotopic (exact) mass is 349 g/mol. The van der Waals surface area contributed by atoms with Gasteiger partial charge in [0.05, 0.1) is 17.1 Å². The summed E-state index contributed by atoms with van der Waals surface area (Å²) in [6.45, 7) is 2.15. The number of aromatic nitrogens is 2. The predicted molar refractivity (Wildman–Crippen MR) is 98.3 cm³/mol. The van der Waals surface area contributed by atoms with Gasteiger partial charge in [-0.15, -0.1) is 0 Å². The van der Waals surface area contributed by atoms with Gasteiger partial charge >= 0.3 is 0 Å². The lowest BCUT2D eigenvalue weighted by Crippen LogP contribution is -2.45. The van der Waals surface area contributed by atoms with Crippen molar-refractivity contribution in [1.29, 1.82) is 0 Å². The Balaban J connectivity index is 1.50. The third-order valence-electron chi connectivity index (χ3n) is 4.59. The zero-order valence-corrected chi connectivity index (χ0v) is 14.4. The highest BCUT2D eigenvalue weighted by atomic mass is 16.5. The molecule has 6 heteroatoms. The van der Waals surface area contributed by atoms with Gasteiger partial charge in [0.1, 0.15) is 18.9 Å². The van der Waals surface area contributed by atoms with Gasteiger partial charge in [-0.3, -0.25) is 9.59 Å². The van der Waals surface area contributed by atoms with E-state index in [9.17, 15) is 9.59 Å². The molecule has 2 aromatic carbocycles. The molecule has 1 amide bonds. The third-order valence-corrected chi connectivity index (χ3v) is 4.59. The van der Waals surface area contributed by atoms with Crippen LogP contribution in [0.15, 0.2) is 53.3 Å². The largest absolute Gasteiger partial charge is 0.491 e. The predicted octanol–water partition coefficient (Wildman–Crippen LogP) is 1.82. The fraction of sp³-hybridized carbons (Fsp3) is 0.250. The van der Waals surface area contributed by atoms with Crippen molar-refractivity contribution >= 4 is 16.7 Å². The van der Waals surface area contributed by atoms with Crippen molar-refractivity contribution in [1.82, 2.24) is 15.1 Å². The Morgan fingerprint density at radius 3 is 2.77 bits per heavy atom. The maximum atomic E-state index is 12.6. The molecule has 4 rings (SSSR count). The first-order chi connectivity index (χ1) is 12.6. The summed E-state index contributed by atoms with van der Waals surface area (Å²) in [4.78, 5) is 25.0. The quantitative estimate of drug-likeness (QED) is 0.783. The van der Waals surface area contributed by atoms with Gasteiger partial charge in [0.25, 0.3) is 5.56 Å². The fourth-order valence-electron chi connectivity index (χ4n) is 3.34. The van der Waals surface area contributed by atoms with Gasteiger partial charge in [-0.2, -0.15) is 5.10 Å². The van der Waals surface area contributed by atoms with Crippen LogP contribution in [0, 0.1) is 6.92 Å². The van der Waals surface area contributed by atoms with E-state index in [4.69, 9.17) is 4.74 Å². The minimum atomic E-state index is -0.258. The van der Waals surface area contributed by atoms with Crippen molar-refractivity contribution in [3.8, 4) is 5.75 Å². The summed E-state index contributed by atoms with van der Waals surface area (Å²) in [6, 6.07) is 15.0. The molecule has 1 N–H and O–H groups in total. The van der Waals surface area contributed by atoms with Crippen LogP contribution in [0.25, 0.3) is 10.8 Å². The highest BCUT2D eigenvalue weighted by Crippen LogP contribution is 2.23. The lowest BCUT2D eigenvalue weighted by Gasteiger charge is -2.26. The van der Waals surface area contributed by atoms with Crippen molar-refractivity contribution in [2.75, 3.05) is 6.61 Å². The average Bonchev–Trinajstić information content (AvgIpc) is 2.66. The first-order valence-electron chi connectivity index (χ1n) is 8.58. The van der Waals surface area contributed by atoms with Gasteiger partial charge in [0, 0.05) is 5.39 Å². The van der Waals surface area contributed by atoms with E-state index in [1.54, 1.807) is 6.07 Å². The van der Waals surface area contributed by atoms with Crippen LogP contribution in [0.3, 0.4) is 0 Å². The van der Waals surface area contributed by atoms with E-state index in [2.05, 4.69) is 10.4 Å². The number of ether oxygens (including phenoxy) is 1. The number of fused-ring (bicyclic) bond motifs is 2. The summed E-state index contributed by atoms with van der Waals surface area (Å²) in [6.07, 6.45) is 0.709. The number of aryl methyl sites for hydroxylation is 1. The number of hydrogen-bond donors (Lipinski definition) is 1. The molecule has 26 heavy (non-hydrogen) atoms. The second-order valence-electron chi connectivity index (χ2n) is 6.48. The third kappa shape index (κ3) is 3.06. The minimum absolute atomic E-state index is 0.108. The van der Waals surface area contributed by atoms with Crippen molar-refractivity contribution in [3.63, 3.8) is 0 Å². The lowest BCUT2D eigenvalue weighted by molar-refractivity contribution is -0.122. The Hall–Kier alpha value is -3.15. The number of carbonyl (C=O) groups excluding carboxylic acids is 1. The van der Waals surface area contributed by atoms with E-state index in [1.165, 1.54) is 4.68 Å². The number of nitrogens with zero attached hydrogens (tertiary/aromatic N) is 2. The van der Waals surface area contributed by atoms with Crippen LogP contribution in [0.4, 0.5) is 0 Å². The molecule has 0 bridgehead atoms. The van der Waals surface area contributed by atoms with Crippen LogP contribution >= 0.6 is 0 Å². The van der Waals surface area contributed by atoms with Crippen LogP contribution in [-0.2, 0) is 17.8 Å². The zero-order chi connectivity index (χ0) is 18.1. The van der Waals surface area contributed by atoms with Crippen LogP contribution in [-0.4, -0.2) is 28.3 Å². The summed E-state index contributed by atoms with van der Waals surface area (Å²) in [5.74, 6) is 0.614. The molecule has 2 heterocycles. The van der Waals surface area contributed by atoms with Crippen LogP contribution in [0.2, 0.25) is 0 Å². The summed E-state index contributed by atoms with van der Waals surface area (Å²) >= 11 is 0. The van der Waals surface area contributed by atoms with Gasteiger partial charge in [0.2, 0.25) is 5.91 Å². The summed E-state index contributed by atoms with van der Waals surface area (Å²) in [5.41, 5.74) is 1.54.